The Bertz CT molecular complexity index is 582. The Labute approximate surface area is 118 Å². The number of ether oxygens (including phenoxy) is 2. The lowest BCUT2D eigenvalue weighted by Gasteiger charge is -2.16. The zero-order chi connectivity index (χ0) is 13.8. The summed E-state index contributed by atoms with van der Waals surface area (Å²) in [6.07, 6.45) is 0.967. The predicted octanol–water partition coefficient (Wildman–Crippen LogP) is 2.31. The van der Waals surface area contributed by atoms with Gasteiger partial charge in [-0.3, -0.25) is 0 Å². The molecule has 0 atom stereocenters. The number of benzene rings is 1. The Kier molecular flexibility index (Phi) is 3.83. The van der Waals surface area contributed by atoms with E-state index in [1.165, 1.54) is 5.56 Å². The van der Waals surface area contributed by atoms with Gasteiger partial charge in [0.15, 0.2) is 0 Å². The van der Waals surface area contributed by atoms with Crippen LogP contribution < -0.4 is 14.8 Å². The van der Waals surface area contributed by atoms with Crippen LogP contribution in [0.1, 0.15) is 16.8 Å². The summed E-state index contributed by atoms with van der Waals surface area (Å²) in [7, 11) is 1.66. The van der Waals surface area contributed by atoms with Crippen molar-refractivity contribution in [1.82, 2.24) is 10.3 Å². The zero-order valence-electron chi connectivity index (χ0n) is 11.6. The topological polar surface area (TPSA) is 43.4 Å². The van der Waals surface area contributed by atoms with Crippen molar-refractivity contribution in [3.8, 4) is 11.6 Å². The quantitative estimate of drug-likeness (QED) is 0.926. The second-order valence-corrected chi connectivity index (χ2v) is 4.82. The maximum Gasteiger partial charge on any atom is 0.213 e. The van der Waals surface area contributed by atoms with Gasteiger partial charge >= 0.3 is 0 Å². The molecule has 3 rings (SSSR count). The molecule has 0 saturated heterocycles. The Morgan fingerprint density at radius 3 is 2.80 bits per heavy atom. The van der Waals surface area contributed by atoms with Crippen LogP contribution in [0, 0.1) is 0 Å². The summed E-state index contributed by atoms with van der Waals surface area (Å²) in [6, 6.07) is 11.9. The van der Waals surface area contributed by atoms with Gasteiger partial charge in [0.25, 0.3) is 0 Å². The van der Waals surface area contributed by atoms with Crippen LogP contribution >= 0.6 is 0 Å². The van der Waals surface area contributed by atoms with Crippen LogP contribution in [0.3, 0.4) is 0 Å². The van der Waals surface area contributed by atoms with Crippen molar-refractivity contribution < 1.29 is 9.47 Å². The molecule has 2 aromatic rings. The minimum absolute atomic E-state index is 0.522. The smallest absolute Gasteiger partial charge is 0.213 e. The molecular formula is C16H18N2O2. The van der Waals surface area contributed by atoms with Crippen molar-refractivity contribution in [2.24, 2.45) is 0 Å². The van der Waals surface area contributed by atoms with Gasteiger partial charge in [0.2, 0.25) is 5.88 Å². The molecule has 0 aliphatic carbocycles. The van der Waals surface area contributed by atoms with Gasteiger partial charge < -0.3 is 14.8 Å². The lowest BCUT2D eigenvalue weighted by atomic mass is 10.1. The highest BCUT2D eigenvalue weighted by atomic mass is 16.5. The molecule has 0 radical (unpaired) electrons. The Morgan fingerprint density at radius 1 is 1.15 bits per heavy atom. The molecule has 2 heterocycles. The van der Waals surface area contributed by atoms with E-state index in [-0.39, 0.29) is 0 Å². The van der Waals surface area contributed by atoms with E-state index in [2.05, 4.69) is 16.4 Å². The van der Waals surface area contributed by atoms with E-state index < -0.39 is 0 Å². The zero-order valence-corrected chi connectivity index (χ0v) is 11.6. The minimum atomic E-state index is 0.522. The SMILES string of the molecule is COc1ccc(COc2ccc3c(n2)CCNC3)cc1. The summed E-state index contributed by atoms with van der Waals surface area (Å²) in [4.78, 5) is 4.58. The number of rotatable bonds is 4. The van der Waals surface area contributed by atoms with E-state index in [1.54, 1.807) is 7.11 Å². The van der Waals surface area contributed by atoms with Gasteiger partial charge in [-0.2, -0.15) is 0 Å². The van der Waals surface area contributed by atoms with Crippen molar-refractivity contribution in [3.05, 3.63) is 53.2 Å². The van der Waals surface area contributed by atoms with E-state index >= 15 is 0 Å². The van der Waals surface area contributed by atoms with Crippen LogP contribution in [0.4, 0.5) is 0 Å². The van der Waals surface area contributed by atoms with Gasteiger partial charge in [-0.1, -0.05) is 18.2 Å². The van der Waals surface area contributed by atoms with E-state index in [0.717, 1.165) is 36.5 Å². The van der Waals surface area contributed by atoms with Crippen LogP contribution in [-0.2, 0) is 19.6 Å². The molecule has 4 nitrogen and oxygen atoms in total. The van der Waals surface area contributed by atoms with Gasteiger partial charge in [0.05, 0.1) is 12.8 Å². The number of nitrogens with zero attached hydrogens (tertiary/aromatic N) is 1. The first-order valence-corrected chi connectivity index (χ1v) is 6.80. The Morgan fingerprint density at radius 2 is 2.00 bits per heavy atom. The summed E-state index contributed by atoms with van der Waals surface area (Å²) in [5, 5.41) is 3.34. The lowest BCUT2D eigenvalue weighted by Crippen LogP contribution is -2.24. The van der Waals surface area contributed by atoms with E-state index in [4.69, 9.17) is 9.47 Å². The molecule has 1 N–H and O–H groups in total. The summed E-state index contributed by atoms with van der Waals surface area (Å²) in [5.74, 6) is 1.55. The summed E-state index contributed by atoms with van der Waals surface area (Å²) in [6.45, 7) is 2.41. The number of fused-ring (bicyclic) bond motifs is 1. The molecule has 1 aliphatic heterocycles. The van der Waals surface area contributed by atoms with E-state index in [1.807, 2.05) is 30.3 Å². The second-order valence-electron chi connectivity index (χ2n) is 4.82. The molecule has 1 aromatic heterocycles. The van der Waals surface area contributed by atoms with Gasteiger partial charge in [-0.05, 0) is 23.3 Å². The van der Waals surface area contributed by atoms with Crippen LogP contribution in [0.15, 0.2) is 36.4 Å². The van der Waals surface area contributed by atoms with E-state index in [0.29, 0.717) is 12.5 Å². The summed E-state index contributed by atoms with van der Waals surface area (Å²) >= 11 is 0. The fourth-order valence-corrected chi connectivity index (χ4v) is 2.28. The van der Waals surface area contributed by atoms with Crippen LogP contribution in [0.5, 0.6) is 11.6 Å². The minimum Gasteiger partial charge on any atom is -0.497 e. The predicted molar refractivity (Wildman–Crippen MR) is 77.0 cm³/mol. The van der Waals surface area contributed by atoms with Crippen molar-refractivity contribution in [2.45, 2.75) is 19.6 Å². The van der Waals surface area contributed by atoms with Gasteiger partial charge in [0.1, 0.15) is 12.4 Å². The highest BCUT2D eigenvalue weighted by molar-refractivity contribution is 5.29. The first-order chi connectivity index (χ1) is 9.85. The average molecular weight is 270 g/mol. The van der Waals surface area contributed by atoms with Crippen LogP contribution in [-0.4, -0.2) is 18.6 Å². The van der Waals surface area contributed by atoms with Crippen molar-refractivity contribution in [2.75, 3.05) is 13.7 Å². The first kappa shape index (κ1) is 12.9. The van der Waals surface area contributed by atoms with Gasteiger partial charge in [0, 0.05) is 25.6 Å². The standard InChI is InChI=1S/C16H18N2O2/c1-19-14-5-2-12(3-6-14)11-20-16-7-4-13-10-17-9-8-15(13)18-16/h2-7,17H,8-11H2,1H3. The maximum absolute atomic E-state index is 5.76. The number of hydrogen-bond donors (Lipinski definition) is 1. The van der Waals surface area contributed by atoms with Crippen molar-refractivity contribution >= 4 is 0 Å². The van der Waals surface area contributed by atoms with E-state index in [9.17, 15) is 0 Å². The highest BCUT2D eigenvalue weighted by Crippen LogP contribution is 2.18. The number of aromatic nitrogens is 1. The third-order valence-corrected chi connectivity index (χ3v) is 3.44. The fourth-order valence-electron chi connectivity index (χ4n) is 2.28. The molecule has 0 unspecified atom stereocenters. The number of nitrogens with one attached hydrogen (secondary N) is 1. The molecule has 20 heavy (non-hydrogen) atoms. The third kappa shape index (κ3) is 2.91. The van der Waals surface area contributed by atoms with Gasteiger partial charge in [-0.15, -0.1) is 0 Å². The molecule has 1 aromatic carbocycles. The molecule has 0 fully saturated rings. The number of methoxy groups -OCH3 is 1. The molecule has 4 heteroatoms. The second kappa shape index (κ2) is 5.92. The Balaban J connectivity index is 1.65. The van der Waals surface area contributed by atoms with Crippen molar-refractivity contribution in [3.63, 3.8) is 0 Å². The monoisotopic (exact) mass is 270 g/mol. The molecular weight excluding hydrogens is 252 g/mol. The van der Waals surface area contributed by atoms with Crippen molar-refractivity contribution in [1.29, 1.82) is 0 Å². The summed E-state index contributed by atoms with van der Waals surface area (Å²) < 4.78 is 10.9. The number of pyridine rings is 1. The maximum atomic E-state index is 5.76. The first-order valence-electron chi connectivity index (χ1n) is 6.80. The lowest BCUT2D eigenvalue weighted by molar-refractivity contribution is 0.292. The normalized spacial score (nSPS) is 13.7. The third-order valence-electron chi connectivity index (χ3n) is 3.44. The fraction of sp³-hybridized carbons (Fsp3) is 0.312. The van der Waals surface area contributed by atoms with Crippen LogP contribution in [0.2, 0.25) is 0 Å². The molecule has 0 amide bonds. The summed E-state index contributed by atoms with van der Waals surface area (Å²) in [5.41, 5.74) is 3.52. The largest absolute Gasteiger partial charge is 0.497 e. The van der Waals surface area contributed by atoms with Crippen LogP contribution in [0.25, 0.3) is 0 Å². The molecule has 1 aliphatic rings. The Hall–Kier alpha value is -2.07. The molecule has 0 bridgehead atoms. The van der Waals surface area contributed by atoms with Gasteiger partial charge in [-0.25, -0.2) is 4.98 Å². The molecule has 0 saturated carbocycles. The average Bonchev–Trinajstić information content (AvgIpc) is 2.53. The molecule has 0 spiro atoms. The molecule has 104 valence electrons. The number of hydrogen-bond acceptors (Lipinski definition) is 4. The highest BCUT2D eigenvalue weighted by Gasteiger charge is 2.10.